The monoisotopic (exact) mass is 373 g/mol. The Morgan fingerprint density at radius 1 is 1.27 bits per heavy atom. The number of hydrogen-bond acceptors (Lipinski definition) is 5. The standard InChI is InChI=1S/C19H20ClN3O3/c1-3-26-19(24)15-11-21-18-16(17(15)20)13(2)22-23(18)9-10-25-12-14-7-5-4-6-8-14/h4-8,11H,3,9-10,12H2,1-2H3. The predicted molar refractivity (Wildman–Crippen MR) is 99.3 cm³/mol. The zero-order valence-electron chi connectivity index (χ0n) is 14.7. The average molecular weight is 374 g/mol. The first-order valence-electron chi connectivity index (χ1n) is 8.42. The number of aryl methyl sites for hydroxylation is 1. The lowest BCUT2D eigenvalue weighted by Gasteiger charge is -2.07. The largest absolute Gasteiger partial charge is 0.462 e. The molecular weight excluding hydrogens is 354 g/mol. The van der Waals surface area contributed by atoms with Crippen molar-refractivity contribution in [3.63, 3.8) is 0 Å². The number of carbonyl (C=O) groups is 1. The first-order chi connectivity index (χ1) is 12.6. The Morgan fingerprint density at radius 2 is 2.04 bits per heavy atom. The Balaban J connectivity index is 1.73. The van der Waals surface area contributed by atoms with Gasteiger partial charge in [0.15, 0.2) is 5.65 Å². The van der Waals surface area contributed by atoms with E-state index in [4.69, 9.17) is 21.1 Å². The zero-order valence-corrected chi connectivity index (χ0v) is 15.5. The highest BCUT2D eigenvalue weighted by Crippen LogP contribution is 2.28. The summed E-state index contributed by atoms with van der Waals surface area (Å²) >= 11 is 6.41. The number of fused-ring (bicyclic) bond motifs is 1. The molecule has 0 unspecified atom stereocenters. The van der Waals surface area contributed by atoms with Crippen molar-refractivity contribution in [2.45, 2.75) is 27.0 Å². The van der Waals surface area contributed by atoms with Crippen LogP contribution in [0.2, 0.25) is 5.02 Å². The van der Waals surface area contributed by atoms with Gasteiger partial charge in [0.05, 0.1) is 48.0 Å². The van der Waals surface area contributed by atoms with Crippen molar-refractivity contribution in [3.05, 3.63) is 58.4 Å². The van der Waals surface area contributed by atoms with Gasteiger partial charge in [0.1, 0.15) is 0 Å². The minimum absolute atomic E-state index is 0.254. The van der Waals surface area contributed by atoms with E-state index in [0.717, 1.165) is 5.56 Å². The molecule has 6 nitrogen and oxygen atoms in total. The van der Waals surface area contributed by atoms with E-state index in [0.29, 0.717) is 41.5 Å². The van der Waals surface area contributed by atoms with Gasteiger partial charge in [-0.15, -0.1) is 0 Å². The highest BCUT2D eigenvalue weighted by atomic mass is 35.5. The molecule has 0 spiro atoms. The van der Waals surface area contributed by atoms with Crippen LogP contribution < -0.4 is 0 Å². The molecular formula is C19H20ClN3O3. The molecule has 0 N–H and O–H groups in total. The van der Waals surface area contributed by atoms with E-state index in [1.807, 2.05) is 37.3 Å². The van der Waals surface area contributed by atoms with Gasteiger partial charge in [-0.2, -0.15) is 5.10 Å². The minimum atomic E-state index is -0.481. The van der Waals surface area contributed by atoms with Crippen LogP contribution in [0.4, 0.5) is 0 Å². The van der Waals surface area contributed by atoms with Crippen LogP contribution in [0.15, 0.2) is 36.5 Å². The fourth-order valence-electron chi connectivity index (χ4n) is 2.70. The van der Waals surface area contributed by atoms with Crippen molar-refractivity contribution < 1.29 is 14.3 Å². The second-order valence-electron chi connectivity index (χ2n) is 5.75. The number of nitrogens with zero attached hydrogens (tertiary/aromatic N) is 3. The van der Waals surface area contributed by atoms with Crippen LogP contribution >= 0.6 is 11.6 Å². The maximum absolute atomic E-state index is 12.0. The smallest absolute Gasteiger partial charge is 0.341 e. The maximum atomic E-state index is 12.0. The first-order valence-corrected chi connectivity index (χ1v) is 8.80. The molecule has 2 aromatic heterocycles. The van der Waals surface area contributed by atoms with Gasteiger partial charge in [0.2, 0.25) is 0 Å². The fourth-order valence-corrected chi connectivity index (χ4v) is 3.04. The highest BCUT2D eigenvalue weighted by molar-refractivity contribution is 6.38. The normalized spacial score (nSPS) is 11.0. The van der Waals surface area contributed by atoms with Crippen LogP contribution in [-0.2, 0) is 22.6 Å². The third kappa shape index (κ3) is 3.86. The summed E-state index contributed by atoms with van der Waals surface area (Å²) in [5, 5.41) is 5.47. The van der Waals surface area contributed by atoms with Gasteiger partial charge in [0, 0.05) is 6.20 Å². The lowest BCUT2D eigenvalue weighted by molar-refractivity contribution is 0.0526. The molecule has 0 saturated heterocycles. The number of rotatable bonds is 7. The molecule has 136 valence electrons. The Labute approximate surface area is 156 Å². The van der Waals surface area contributed by atoms with Crippen molar-refractivity contribution in [2.75, 3.05) is 13.2 Å². The first kappa shape index (κ1) is 18.4. The van der Waals surface area contributed by atoms with Crippen molar-refractivity contribution >= 4 is 28.6 Å². The lowest BCUT2D eigenvalue weighted by Crippen LogP contribution is -2.09. The summed E-state index contributed by atoms with van der Waals surface area (Å²) in [5.41, 5.74) is 2.72. The van der Waals surface area contributed by atoms with E-state index in [2.05, 4.69) is 10.1 Å². The van der Waals surface area contributed by atoms with Gasteiger partial charge in [-0.05, 0) is 19.4 Å². The van der Waals surface area contributed by atoms with Crippen LogP contribution in [0.1, 0.15) is 28.5 Å². The summed E-state index contributed by atoms with van der Waals surface area (Å²) in [7, 11) is 0. The number of benzene rings is 1. The summed E-state index contributed by atoms with van der Waals surface area (Å²) in [6.45, 7) is 5.44. The van der Waals surface area contributed by atoms with Gasteiger partial charge < -0.3 is 9.47 Å². The summed E-state index contributed by atoms with van der Waals surface area (Å²) in [6, 6.07) is 9.98. The van der Waals surface area contributed by atoms with E-state index in [-0.39, 0.29) is 12.2 Å². The molecule has 2 heterocycles. The van der Waals surface area contributed by atoms with Crippen LogP contribution in [0.3, 0.4) is 0 Å². The molecule has 0 aliphatic rings. The predicted octanol–water partition coefficient (Wildman–Crippen LogP) is 3.79. The molecule has 7 heteroatoms. The third-order valence-corrected chi connectivity index (χ3v) is 4.32. The van der Waals surface area contributed by atoms with Gasteiger partial charge in [-0.1, -0.05) is 41.9 Å². The number of pyridine rings is 1. The molecule has 0 atom stereocenters. The van der Waals surface area contributed by atoms with Gasteiger partial charge in [-0.3, -0.25) is 0 Å². The van der Waals surface area contributed by atoms with Crippen LogP contribution in [0.5, 0.6) is 0 Å². The molecule has 0 radical (unpaired) electrons. The van der Waals surface area contributed by atoms with Gasteiger partial charge in [-0.25, -0.2) is 14.5 Å². The van der Waals surface area contributed by atoms with Gasteiger partial charge in [0.25, 0.3) is 0 Å². The number of aromatic nitrogens is 3. The Kier molecular flexibility index (Phi) is 5.85. The quantitative estimate of drug-likeness (QED) is 0.465. The SMILES string of the molecule is CCOC(=O)c1cnc2c(c(C)nn2CCOCc2ccccc2)c1Cl. The van der Waals surface area contributed by atoms with E-state index in [1.54, 1.807) is 11.6 Å². The summed E-state index contributed by atoms with van der Waals surface area (Å²) < 4.78 is 12.5. The Bertz CT molecular complexity index is 909. The molecule has 26 heavy (non-hydrogen) atoms. The summed E-state index contributed by atoms with van der Waals surface area (Å²) in [4.78, 5) is 16.3. The van der Waals surface area contributed by atoms with E-state index in [9.17, 15) is 4.79 Å². The third-order valence-electron chi connectivity index (χ3n) is 3.93. The lowest BCUT2D eigenvalue weighted by atomic mass is 10.2. The molecule has 0 aliphatic carbocycles. The molecule has 0 aliphatic heterocycles. The fraction of sp³-hybridized carbons (Fsp3) is 0.316. The van der Waals surface area contributed by atoms with Crippen molar-refractivity contribution in [3.8, 4) is 0 Å². The zero-order chi connectivity index (χ0) is 18.5. The number of esters is 1. The second kappa shape index (κ2) is 8.29. The minimum Gasteiger partial charge on any atom is -0.462 e. The molecule has 3 aromatic rings. The second-order valence-corrected chi connectivity index (χ2v) is 6.13. The Morgan fingerprint density at radius 3 is 2.77 bits per heavy atom. The number of halogens is 1. The number of ether oxygens (including phenoxy) is 2. The molecule has 0 fully saturated rings. The maximum Gasteiger partial charge on any atom is 0.341 e. The topological polar surface area (TPSA) is 66.2 Å². The van der Waals surface area contributed by atoms with Gasteiger partial charge >= 0.3 is 5.97 Å². The average Bonchev–Trinajstić information content (AvgIpc) is 2.97. The molecule has 0 saturated carbocycles. The van der Waals surface area contributed by atoms with E-state index < -0.39 is 5.97 Å². The number of hydrogen-bond donors (Lipinski definition) is 0. The van der Waals surface area contributed by atoms with E-state index in [1.165, 1.54) is 6.20 Å². The molecule has 0 bridgehead atoms. The van der Waals surface area contributed by atoms with Crippen molar-refractivity contribution in [2.24, 2.45) is 0 Å². The van der Waals surface area contributed by atoms with Crippen LogP contribution in [0.25, 0.3) is 11.0 Å². The Hall–Kier alpha value is -2.44. The van der Waals surface area contributed by atoms with Crippen LogP contribution in [0, 0.1) is 6.92 Å². The van der Waals surface area contributed by atoms with Crippen molar-refractivity contribution in [1.29, 1.82) is 0 Å². The van der Waals surface area contributed by atoms with E-state index >= 15 is 0 Å². The number of carbonyl (C=O) groups excluding carboxylic acids is 1. The summed E-state index contributed by atoms with van der Waals surface area (Å²) in [5.74, 6) is -0.481. The summed E-state index contributed by atoms with van der Waals surface area (Å²) in [6.07, 6.45) is 1.44. The van der Waals surface area contributed by atoms with Crippen LogP contribution in [-0.4, -0.2) is 33.9 Å². The van der Waals surface area contributed by atoms with Crippen molar-refractivity contribution in [1.82, 2.24) is 14.8 Å². The molecule has 3 rings (SSSR count). The highest BCUT2D eigenvalue weighted by Gasteiger charge is 2.19. The molecule has 0 amide bonds. The molecule has 1 aromatic carbocycles.